The fourth-order valence-corrected chi connectivity index (χ4v) is 3.54. The number of hydrogen-bond donors (Lipinski definition) is 2. The van der Waals surface area contributed by atoms with Crippen LogP contribution in [0.25, 0.3) is 0 Å². The van der Waals surface area contributed by atoms with Gasteiger partial charge >= 0.3 is 0 Å². The molecule has 88 valence electrons. The molecule has 1 aliphatic heterocycles. The average Bonchev–Trinajstić information content (AvgIpc) is 2.76. The molecule has 0 aromatic heterocycles. The summed E-state index contributed by atoms with van der Waals surface area (Å²) in [6.07, 6.45) is 10.6. The Labute approximate surface area is 98.0 Å². The number of nitrogens with one attached hydrogen (secondary N) is 2. The second kappa shape index (κ2) is 6.12. The summed E-state index contributed by atoms with van der Waals surface area (Å²) < 4.78 is 0. The van der Waals surface area contributed by atoms with Crippen LogP contribution < -0.4 is 10.6 Å². The Balaban J connectivity index is 1.61. The van der Waals surface area contributed by atoms with Crippen molar-refractivity contribution in [2.45, 2.75) is 55.9 Å². The predicted molar refractivity (Wildman–Crippen MR) is 68.6 cm³/mol. The number of hydrogen-bond acceptors (Lipinski definition) is 3. The first-order valence-electron chi connectivity index (χ1n) is 6.38. The molecule has 0 bridgehead atoms. The molecular weight excluding hydrogens is 204 g/mol. The summed E-state index contributed by atoms with van der Waals surface area (Å²) in [6.45, 7) is 2.41. The SMILES string of the molecule is CSC1CCC(NCC2CCCCN2)C1. The van der Waals surface area contributed by atoms with E-state index in [4.69, 9.17) is 0 Å². The van der Waals surface area contributed by atoms with Crippen molar-refractivity contribution >= 4 is 11.8 Å². The molecular formula is C12H24N2S. The molecule has 2 nitrogen and oxygen atoms in total. The van der Waals surface area contributed by atoms with E-state index in [-0.39, 0.29) is 0 Å². The van der Waals surface area contributed by atoms with E-state index in [1.54, 1.807) is 0 Å². The van der Waals surface area contributed by atoms with Gasteiger partial charge < -0.3 is 10.6 Å². The molecule has 0 amide bonds. The summed E-state index contributed by atoms with van der Waals surface area (Å²) in [7, 11) is 0. The Morgan fingerprint density at radius 2 is 2.20 bits per heavy atom. The van der Waals surface area contributed by atoms with Crippen LogP contribution in [-0.2, 0) is 0 Å². The van der Waals surface area contributed by atoms with Crippen molar-refractivity contribution in [2.24, 2.45) is 0 Å². The second-order valence-corrected chi connectivity index (χ2v) is 6.06. The van der Waals surface area contributed by atoms with Crippen LogP contribution in [0.4, 0.5) is 0 Å². The minimum absolute atomic E-state index is 0.743. The van der Waals surface area contributed by atoms with E-state index in [9.17, 15) is 0 Å². The summed E-state index contributed by atoms with van der Waals surface area (Å²) in [4.78, 5) is 0. The van der Waals surface area contributed by atoms with Crippen molar-refractivity contribution in [1.29, 1.82) is 0 Å². The number of piperidine rings is 1. The van der Waals surface area contributed by atoms with Gasteiger partial charge in [-0.05, 0) is 44.9 Å². The molecule has 3 heteroatoms. The molecule has 1 aliphatic carbocycles. The van der Waals surface area contributed by atoms with Crippen LogP contribution in [0.5, 0.6) is 0 Å². The molecule has 2 rings (SSSR count). The zero-order valence-electron chi connectivity index (χ0n) is 9.80. The van der Waals surface area contributed by atoms with Crippen molar-refractivity contribution in [2.75, 3.05) is 19.3 Å². The van der Waals surface area contributed by atoms with Crippen molar-refractivity contribution in [3.8, 4) is 0 Å². The normalized spacial score (nSPS) is 37.0. The van der Waals surface area contributed by atoms with E-state index < -0.39 is 0 Å². The van der Waals surface area contributed by atoms with Crippen LogP contribution in [-0.4, -0.2) is 36.7 Å². The van der Waals surface area contributed by atoms with Crippen LogP contribution in [0, 0.1) is 0 Å². The summed E-state index contributed by atoms with van der Waals surface area (Å²) in [5.74, 6) is 0. The van der Waals surface area contributed by atoms with Crippen molar-refractivity contribution < 1.29 is 0 Å². The van der Waals surface area contributed by atoms with Gasteiger partial charge in [-0.3, -0.25) is 0 Å². The van der Waals surface area contributed by atoms with E-state index in [1.807, 2.05) is 11.8 Å². The monoisotopic (exact) mass is 228 g/mol. The number of rotatable bonds is 4. The topological polar surface area (TPSA) is 24.1 Å². The summed E-state index contributed by atoms with van der Waals surface area (Å²) in [5, 5.41) is 8.26. The van der Waals surface area contributed by atoms with Gasteiger partial charge in [0, 0.05) is 23.9 Å². The fourth-order valence-electron chi connectivity index (χ4n) is 2.75. The van der Waals surface area contributed by atoms with Gasteiger partial charge in [0.2, 0.25) is 0 Å². The first kappa shape index (κ1) is 11.7. The van der Waals surface area contributed by atoms with Gasteiger partial charge in [-0.2, -0.15) is 11.8 Å². The highest BCUT2D eigenvalue weighted by Gasteiger charge is 2.24. The summed E-state index contributed by atoms with van der Waals surface area (Å²) in [5.41, 5.74) is 0. The van der Waals surface area contributed by atoms with Crippen molar-refractivity contribution in [3.05, 3.63) is 0 Å². The molecule has 0 aromatic carbocycles. The zero-order valence-corrected chi connectivity index (χ0v) is 10.6. The van der Waals surface area contributed by atoms with E-state index >= 15 is 0 Å². The van der Waals surface area contributed by atoms with E-state index in [1.165, 1.54) is 51.6 Å². The molecule has 1 saturated carbocycles. The van der Waals surface area contributed by atoms with Crippen LogP contribution in [0.1, 0.15) is 38.5 Å². The summed E-state index contributed by atoms with van der Waals surface area (Å²) in [6, 6.07) is 1.54. The molecule has 2 fully saturated rings. The van der Waals surface area contributed by atoms with Gasteiger partial charge in [-0.1, -0.05) is 6.42 Å². The lowest BCUT2D eigenvalue weighted by molar-refractivity contribution is 0.366. The standard InChI is InChI=1S/C12H24N2S/c1-15-12-6-5-10(8-12)14-9-11-4-2-3-7-13-11/h10-14H,2-9H2,1H3. The van der Waals surface area contributed by atoms with Gasteiger partial charge in [0.05, 0.1) is 0 Å². The molecule has 0 radical (unpaired) electrons. The van der Waals surface area contributed by atoms with Crippen LogP contribution in [0.2, 0.25) is 0 Å². The second-order valence-electron chi connectivity index (χ2n) is 4.92. The number of thioether (sulfide) groups is 1. The van der Waals surface area contributed by atoms with Gasteiger partial charge in [0.25, 0.3) is 0 Å². The smallest absolute Gasteiger partial charge is 0.0192 e. The Kier molecular flexibility index (Phi) is 4.79. The van der Waals surface area contributed by atoms with E-state index in [2.05, 4.69) is 16.9 Å². The zero-order chi connectivity index (χ0) is 10.5. The van der Waals surface area contributed by atoms with Crippen molar-refractivity contribution in [3.63, 3.8) is 0 Å². The quantitative estimate of drug-likeness (QED) is 0.769. The molecule has 0 aromatic rings. The Bertz CT molecular complexity index is 180. The Morgan fingerprint density at radius 3 is 2.87 bits per heavy atom. The highest BCUT2D eigenvalue weighted by Crippen LogP contribution is 2.28. The maximum atomic E-state index is 3.74. The molecule has 3 atom stereocenters. The molecule has 2 N–H and O–H groups in total. The third-order valence-corrected chi connectivity index (χ3v) is 4.88. The Morgan fingerprint density at radius 1 is 1.27 bits per heavy atom. The first-order valence-corrected chi connectivity index (χ1v) is 7.67. The maximum Gasteiger partial charge on any atom is 0.0192 e. The molecule has 2 aliphatic rings. The lowest BCUT2D eigenvalue weighted by Crippen LogP contribution is -2.44. The molecule has 1 heterocycles. The molecule has 0 spiro atoms. The third kappa shape index (κ3) is 3.65. The highest BCUT2D eigenvalue weighted by molar-refractivity contribution is 7.99. The predicted octanol–water partition coefficient (Wildman–Crippen LogP) is 2.00. The van der Waals surface area contributed by atoms with Crippen LogP contribution >= 0.6 is 11.8 Å². The molecule has 1 saturated heterocycles. The maximum absolute atomic E-state index is 3.74. The molecule has 3 unspecified atom stereocenters. The van der Waals surface area contributed by atoms with Gasteiger partial charge in [0.1, 0.15) is 0 Å². The molecule has 15 heavy (non-hydrogen) atoms. The average molecular weight is 228 g/mol. The minimum atomic E-state index is 0.743. The largest absolute Gasteiger partial charge is 0.313 e. The van der Waals surface area contributed by atoms with Crippen LogP contribution in [0.15, 0.2) is 0 Å². The highest BCUT2D eigenvalue weighted by atomic mass is 32.2. The van der Waals surface area contributed by atoms with E-state index in [0.717, 1.165) is 17.3 Å². The van der Waals surface area contributed by atoms with Crippen LogP contribution in [0.3, 0.4) is 0 Å². The van der Waals surface area contributed by atoms with E-state index in [0.29, 0.717) is 0 Å². The van der Waals surface area contributed by atoms with Crippen molar-refractivity contribution in [1.82, 2.24) is 10.6 Å². The minimum Gasteiger partial charge on any atom is -0.313 e. The fraction of sp³-hybridized carbons (Fsp3) is 1.00. The third-order valence-electron chi connectivity index (χ3n) is 3.78. The lowest BCUT2D eigenvalue weighted by atomic mass is 10.0. The summed E-state index contributed by atoms with van der Waals surface area (Å²) >= 11 is 2.04. The lowest BCUT2D eigenvalue weighted by Gasteiger charge is -2.25. The first-order chi connectivity index (χ1) is 7.38. The Hall–Kier alpha value is 0.270. The van der Waals surface area contributed by atoms with Gasteiger partial charge in [-0.15, -0.1) is 0 Å². The van der Waals surface area contributed by atoms with Gasteiger partial charge in [0.15, 0.2) is 0 Å². The van der Waals surface area contributed by atoms with Gasteiger partial charge in [-0.25, -0.2) is 0 Å².